The molecular weight excluding hydrogens is 290 g/mol. The molecule has 1 fully saturated rings. The van der Waals surface area contributed by atoms with Gasteiger partial charge in [0.2, 0.25) is 5.91 Å². The molecule has 2 aromatic heterocycles. The fourth-order valence-electron chi connectivity index (χ4n) is 3.31. The third-order valence-corrected chi connectivity index (χ3v) is 4.38. The van der Waals surface area contributed by atoms with Crippen LogP contribution in [0.3, 0.4) is 0 Å². The summed E-state index contributed by atoms with van der Waals surface area (Å²) in [6, 6.07) is 4.04. The van der Waals surface area contributed by atoms with Gasteiger partial charge in [-0.2, -0.15) is 5.10 Å². The maximum Gasteiger partial charge on any atom is 0.220 e. The Balaban J connectivity index is 2.02. The van der Waals surface area contributed by atoms with Crippen LogP contribution >= 0.6 is 0 Å². The molecule has 122 valence electrons. The quantitative estimate of drug-likeness (QED) is 0.874. The maximum absolute atomic E-state index is 11.9. The van der Waals surface area contributed by atoms with Gasteiger partial charge in [0.1, 0.15) is 5.82 Å². The summed E-state index contributed by atoms with van der Waals surface area (Å²) in [7, 11) is 0. The summed E-state index contributed by atoms with van der Waals surface area (Å²) < 4.78 is 1.93. The standard InChI is InChI=1S/C17H23N5O/c1-4-22-17(8-9-18-22)15-11-14(19-12(2)20-15)16-7-5-6-10-21(16)13(3)23/h8-9,11,16H,4-7,10H2,1-3H3/t16-/m1/s1. The van der Waals surface area contributed by atoms with Crippen LogP contribution in [0.1, 0.15) is 50.7 Å². The molecule has 0 saturated carbocycles. The minimum atomic E-state index is 0.0553. The molecule has 2 aromatic rings. The number of aromatic nitrogens is 4. The molecule has 0 bridgehead atoms. The molecule has 0 unspecified atom stereocenters. The minimum Gasteiger partial charge on any atom is -0.334 e. The predicted molar refractivity (Wildman–Crippen MR) is 87.6 cm³/mol. The molecule has 1 amide bonds. The Kier molecular flexibility index (Phi) is 4.41. The summed E-state index contributed by atoms with van der Waals surface area (Å²) in [5, 5.41) is 4.32. The van der Waals surface area contributed by atoms with Crippen LogP contribution in [0.15, 0.2) is 18.3 Å². The zero-order valence-corrected chi connectivity index (χ0v) is 14.0. The van der Waals surface area contributed by atoms with E-state index in [-0.39, 0.29) is 11.9 Å². The molecule has 23 heavy (non-hydrogen) atoms. The molecule has 0 N–H and O–H groups in total. The van der Waals surface area contributed by atoms with Gasteiger partial charge < -0.3 is 4.90 Å². The largest absolute Gasteiger partial charge is 0.334 e. The Morgan fingerprint density at radius 3 is 2.91 bits per heavy atom. The lowest BCUT2D eigenvalue weighted by Crippen LogP contribution is -2.37. The van der Waals surface area contributed by atoms with E-state index in [1.807, 2.05) is 28.6 Å². The third-order valence-electron chi connectivity index (χ3n) is 4.38. The molecule has 0 spiro atoms. The van der Waals surface area contributed by atoms with Crippen molar-refractivity contribution in [3.8, 4) is 11.4 Å². The second-order valence-corrected chi connectivity index (χ2v) is 5.98. The Morgan fingerprint density at radius 2 is 2.17 bits per heavy atom. The Bertz CT molecular complexity index is 709. The zero-order valence-electron chi connectivity index (χ0n) is 14.0. The number of rotatable bonds is 3. The first-order chi connectivity index (χ1) is 11.1. The van der Waals surface area contributed by atoms with E-state index in [1.54, 1.807) is 13.1 Å². The average Bonchev–Trinajstić information content (AvgIpc) is 3.03. The number of nitrogens with zero attached hydrogens (tertiary/aromatic N) is 5. The molecule has 1 aliphatic heterocycles. The summed E-state index contributed by atoms with van der Waals surface area (Å²) in [5.41, 5.74) is 2.80. The van der Waals surface area contributed by atoms with E-state index < -0.39 is 0 Å². The predicted octanol–water partition coefficient (Wildman–Crippen LogP) is 2.74. The molecule has 3 heterocycles. The highest BCUT2D eigenvalue weighted by molar-refractivity contribution is 5.74. The molecule has 0 radical (unpaired) electrons. The van der Waals surface area contributed by atoms with Crippen LogP contribution in [0.25, 0.3) is 11.4 Å². The lowest BCUT2D eigenvalue weighted by molar-refractivity contribution is -0.132. The molecule has 1 aliphatic rings. The molecule has 0 aromatic carbocycles. The number of aryl methyl sites for hydroxylation is 2. The van der Waals surface area contributed by atoms with Crippen LogP contribution in [0, 0.1) is 6.92 Å². The van der Waals surface area contributed by atoms with Gasteiger partial charge in [0.25, 0.3) is 0 Å². The molecule has 0 aliphatic carbocycles. The molecule has 1 saturated heterocycles. The van der Waals surface area contributed by atoms with Gasteiger partial charge in [-0.15, -0.1) is 0 Å². The van der Waals surface area contributed by atoms with Crippen LogP contribution in [0.2, 0.25) is 0 Å². The molecule has 6 heteroatoms. The van der Waals surface area contributed by atoms with Crippen LogP contribution in [-0.2, 0) is 11.3 Å². The van der Waals surface area contributed by atoms with E-state index in [0.717, 1.165) is 55.3 Å². The van der Waals surface area contributed by atoms with Gasteiger partial charge in [0.15, 0.2) is 0 Å². The highest BCUT2D eigenvalue weighted by Gasteiger charge is 2.27. The fraction of sp³-hybridized carbons (Fsp3) is 0.529. The van der Waals surface area contributed by atoms with Gasteiger partial charge in [-0.05, 0) is 45.2 Å². The van der Waals surface area contributed by atoms with Crippen molar-refractivity contribution in [2.24, 2.45) is 0 Å². The van der Waals surface area contributed by atoms with Crippen LogP contribution in [-0.4, -0.2) is 37.1 Å². The number of carbonyl (C=O) groups is 1. The molecule has 1 atom stereocenters. The maximum atomic E-state index is 11.9. The second kappa shape index (κ2) is 6.48. The first-order valence-corrected chi connectivity index (χ1v) is 8.25. The minimum absolute atomic E-state index is 0.0553. The third kappa shape index (κ3) is 3.11. The first-order valence-electron chi connectivity index (χ1n) is 8.25. The van der Waals surface area contributed by atoms with Gasteiger partial charge in [0.05, 0.1) is 23.1 Å². The number of carbonyl (C=O) groups excluding carboxylic acids is 1. The molecule has 3 rings (SSSR count). The van der Waals surface area contributed by atoms with Gasteiger partial charge in [0, 0.05) is 26.2 Å². The van der Waals surface area contributed by atoms with Crippen molar-refractivity contribution in [3.05, 3.63) is 29.8 Å². The molecular formula is C17H23N5O. The van der Waals surface area contributed by atoms with Crippen molar-refractivity contribution in [2.75, 3.05) is 6.54 Å². The normalized spacial score (nSPS) is 18.2. The van der Waals surface area contributed by atoms with Gasteiger partial charge >= 0.3 is 0 Å². The zero-order chi connectivity index (χ0) is 16.4. The number of likely N-dealkylation sites (tertiary alicyclic amines) is 1. The van der Waals surface area contributed by atoms with Crippen molar-refractivity contribution >= 4 is 5.91 Å². The number of hydrogen-bond donors (Lipinski definition) is 0. The van der Waals surface area contributed by atoms with Crippen molar-refractivity contribution in [2.45, 2.75) is 52.6 Å². The highest BCUT2D eigenvalue weighted by atomic mass is 16.2. The number of amides is 1. The first kappa shape index (κ1) is 15.6. The molecule has 6 nitrogen and oxygen atoms in total. The fourth-order valence-corrected chi connectivity index (χ4v) is 3.31. The number of hydrogen-bond acceptors (Lipinski definition) is 4. The average molecular weight is 313 g/mol. The Hall–Kier alpha value is -2.24. The monoisotopic (exact) mass is 313 g/mol. The lowest BCUT2D eigenvalue weighted by Gasteiger charge is -2.34. The van der Waals surface area contributed by atoms with Crippen molar-refractivity contribution in [3.63, 3.8) is 0 Å². The van der Waals surface area contributed by atoms with Crippen LogP contribution < -0.4 is 0 Å². The van der Waals surface area contributed by atoms with Gasteiger partial charge in [-0.25, -0.2) is 9.97 Å². The highest BCUT2D eigenvalue weighted by Crippen LogP contribution is 2.31. The van der Waals surface area contributed by atoms with E-state index in [1.165, 1.54) is 0 Å². The summed E-state index contributed by atoms with van der Waals surface area (Å²) in [6.07, 6.45) is 4.94. The van der Waals surface area contributed by atoms with Crippen LogP contribution in [0.5, 0.6) is 0 Å². The lowest BCUT2D eigenvalue weighted by atomic mass is 9.98. The summed E-state index contributed by atoms with van der Waals surface area (Å²) in [6.45, 7) is 7.21. The van der Waals surface area contributed by atoms with E-state index in [0.29, 0.717) is 0 Å². The van der Waals surface area contributed by atoms with Crippen molar-refractivity contribution < 1.29 is 4.79 Å². The van der Waals surface area contributed by atoms with Crippen LogP contribution in [0.4, 0.5) is 0 Å². The Labute approximate surface area is 136 Å². The summed E-state index contributed by atoms with van der Waals surface area (Å²) in [4.78, 5) is 23.1. The van der Waals surface area contributed by atoms with E-state index in [9.17, 15) is 4.79 Å². The summed E-state index contributed by atoms with van der Waals surface area (Å²) >= 11 is 0. The topological polar surface area (TPSA) is 63.9 Å². The smallest absolute Gasteiger partial charge is 0.220 e. The van der Waals surface area contributed by atoms with Crippen molar-refractivity contribution in [1.82, 2.24) is 24.6 Å². The summed E-state index contributed by atoms with van der Waals surface area (Å²) in [5.74, 6) is 0.849. The van der Waals surface area contributed by atoms with E-state index in [2.05, 4.69) is 22.0 Å². The van der Waals surface area contributed by atoms with Gasteiger partial charge in [-0.1, -0.05) is 0 Å². The van der Waals surface area contributed by atoms with Crippen molar-refractivity contribution in [1.29, 1.82) is 0 Å². The number of piperidine rings is 1. The van der Waals surface area contributed by atoms with E-state index >= 15 is 0 Å². The Morgan fingerprint density at radius 1 is 1.35 bits per heavy atom. The second-order valence-electron chi connectivity index (χ2n) is 5.98. The van der Waals surface area contributed by atoms with Gasteiger partial charge in [-0.3, -0.25) is 9.48 Å². The SMILES string of the molecule is CCn1nccc1-c1cc([C@H]2CCCCN2C(C)=O)nc(C)n1. The van der Waals surface area contributed by atoms with E-state index in [4.69, 9.17) is 0 Å².